The maximum Gasteiger partial charge on any atom is 0.389 e. The highest BCUT2D eigenvalue weighted by Gasteiger charge is 2.49. The smallest absolute Gasteiger partial charge is 0.330 e. The first-order chi connectivity index (χ1) is 20.1. The summed E-state index contributed by atoms with van der Waals surface area (Å²) in [6, 6.07) is 6.50. The molecule has 0 unspecified atom stereocenters. The van der Waals surface area contributed by atoms with Crippen molar-refractivity contribution in [2.75, 3.05) is 18.4 Å². The van der Waals surface area contributed by atoms with E-state index in [-0.39, 0.29) is 30.5 Å². The van der Waals surface area contributed by atoms with Crippen molar-refractivity contribution < 1.29 is 31.5 Å². The lowest BCUT2D eigenvalue weighted by atomic mass is 9.74. The summed E-state index contributed by atoms with van der Waals surface area (Å²) < 4.78 is 69.6. The van der Waals surface area contributed by atoms with Crippen LogP contribution in [0.1, 0.15) is 66.7 Å². The number of aromatic nitrogens is 3. The number of likely N-dealkylation sites (tertiary alicyclic amines) is 1. The molecule has 1 saturated heterocycles. The van der Waals surface area contributed by atoms with Crippen molar-refractivity contribution in [3.63, 3.8) is 0 Å². The Bertz CT molecular complexity index is 1510. The van der Waals surface area contributed by atoms with Crippen LogP contribution < -0.4 is 10.6 Å². The first kappa shape index (κ1) is 28.1. The van der Waals surface area contributed by atoms with E-state index < -0.39 is 41.6 Å². The van der Waals surface area contributed by atoms with Gasteiger partial charge in [-0.3, -0.25) is 4.79 Å². The second-order valence-corrected chi connectivity index (χ2v) is 11.2. The highest BCUT2D eigenvalue weighted by molar-refractivity contribution is 6.05. The van der Waals surface area contributed by atoms with E-state index in [2.05, 4.69) is 20.6 Å². The SMILES string of the molecule is O=C(N[C@@H]1CC[C@@H](c2cccc(F)c2F)Cn2c(CCC(F)(F)F)cnc21)N1CCC2(CC1)C(=O)Nc1ncccc12. The van der Waals surface area contributed by atoms with E-state index in [1.165, 1.54) is 18.3 Å². The van der Waals surface area contributed by atoms with Gasteiger partial charge in [-0.25, -0.2) is 23.5 Å². The third-order valence-corrected chi connectivity index (χ3v) is 8.77. The van der Waals surface area contributed by atoms with Crippen LogP contribution in [0, 0.1) is 11.6 Å². The van der Waals surface area contributed by atoms with Gasteiger partial charge in [-0.05, 0) is 49.8 Å². The molecule has 2 aromatic heterocycles. The summed E-state index contributed by atoms with van der Waals surface area (Å²) in [5, 5.41) is 5.81. The van der Waals surface area contributed by atoms with Gasteiger partial charge >= 0.3 is 12.2 Å². The molecule has 3 aliphatic heterocycles. The number of nitrogens with one attached hydrogen (secondary N) is 2. The van der Waals surface area contributed by atoms with Gasteiger partial charge in [0.15, 0.2) is 11.6 Å². The zero-order valence-electron chi connectivity index (χ0n) is 22.6. The lowest BCUT2D eigenvalue weighted by Gasteiger charge is -2.38. The molecule has 0 aliphatic carbocycles. The van der Waals surface area contributed by atoms with E-state index in [0.29, 0.717) is 56.1 Å². The topological polar surface area (TPSA) is 92.2 Å². The number of benzene rings is 1. The molecule has 42 heavy (non-hydrogen) atoms. The highest BCUT2D eigenvalue weighted by atomic mass is 19.4. The third kappa shape index (κ3) is 5.09. The summed E-state index contributed by atoms with van der Waals surface area (Å²) in [4.78, 5) is 36.6. The molecule has 0 bridgehead atoms. The Morgan fingerprint density at radius 1 is 1.10 bits per heavy atom. The summed E-state index contributed by atoms with van der Waals surface area (Å²) in [5.74, 6) is -1.74. The van der Waals surface area contributed by atoms with Crippen LogP contribution in [0.2, 0.25) is 0 Å². The number of urea groups is 1. The molecule has 8 nitrogen and oxygen atoms in total. The van der Waals surface area contributed by atoms with Gasteiger partial charge in [0, 0.05) is 55.6 Å². The second kappa shape index (κ2) is 10.7. The zero-order chi connectivity index (χ0) is 29.6. The number of hydrogen-bond donors (Lipinski definition) is 2. The molecule has 6 rings (SSSR count). The number of rotatable bonds is 4. The van der Waals surface area contributed by atoms with E-state index in [9.17, 15) is 31.5 Å². The normalized spacial score (nSPS) is 21.5. The van der Waals surface area contributed by atoms with Gasteiger partial charge in [0.2, 0.25) is 5.91 Å². The van der Waals surface area contributed by atoms with E-state index in [1.807, 2.05) is 6.07 Å². The number of fused-ring (bicyclic) bond motifs is 3. The number of aryl methyl sites for hydroxylation is 1. The summed E-state index contributed by atoms with van der Waals surface area (Å²) in [5.41, 5.74) is 0.510. The molecule has 1 fully saturated rings. The van der Waals surface area contributed by atoms with Crippen LogP contribution in [0.25, 0.3) is 0 Å². The Kier molecular flexibility index (Phi) is 7.14. The number of piperidine rings is 1. The molecule has 0 radical (unpaired) electrons. The summed E-state index contributed by atoms with van der Waals surface area (Å²) in [6.45, 7) is 0.718. The second-order valence-electron chi connectivity index (χ2n) is 11.2. The van der Waals surface area contributed by atoms with Gasteiger partial charge in [-0.15, -0.1) is 0 Å². The first-order valence-corrected chi connectivity index (χ1v) is 13.9. The van der Waals surface area contributed by atoms with E-state index in [1.54, 1.807) is 21.7 Å². The van der Waals surface area contributed by atoms with E-state index in [0.717, 1.165) is 11.6 Å². The Morgan fingerprint density at radius 2 is 1.88 bits per heavy atom. The Labute approximate surface area is 238 Å². The number of nitrogens with zero attached hydrogens (tertiary/aromatic N) is 4. The quantitative estimate of drug-likeness (QED) is 0.402. The van der Waals surface area contributed by atoms with Crippen LogP contribution in [0.3, 0.4) is 0 Å². The van der Waals surface area contributed by atoms with Crippen molar-refractivity contribution in [3.8, 4) is 0 Å². The van der Waals surface area contributed by atoms with Crippen LogP contribution in [-0.2, 0) is 23.2 Å². The van der Waals surface area contributed by atoms with Crippen molar-refractivity contribution in [2.45, 2.75) is 68.6 Å². The molecule has 222 valence electrons. The van der Waals surface area contributed by atoms with Crippen LogP contribution in [0.15, 0.2) is 42.7 Å². The molecular formula is C29H29F5N6O2. The van der Waals surface area contributed by atoms with Crippen LogP contribution in [0.4, 0.5) is 32.6 Å². The van der Waals surface area contributed by atoms with Gasteiger partial charge < -0.3 is 20.1 Å². The number of carbonyl (C=O) groups is 2. The Morgan fingerprint density at radius 3 is 2.64 bits per heavy atom. The van der Waals surface area contributed by atoms with Crippen LogP contribution in [0.5, 0.6) is 0 Å². The minimum absolute atomic E-state index is 0.101. The molecule has 0 saturated carbocycles. The van der Waals surface area contributed by atoms with Crippen molar-refractivity contribution in [3.05, 3.63) is 77.0 Å². The molecule has 2 N–H and O–H groups in total. The minimum atomic E-state index is -4.38. The van der Waals surface area contributed by atoms with Gasteiger partial charge in [0.1, 0.15) is 11.6 Å². The summed E-state index contributed by atoms with van der Waals surface area (Å²) in [6.07, 6.45) is -1.31. The van der Waals surface area contributed by atoms with E-state index in [4.69, 9.17) is 0 Å². The highest BCUT2D eigenvalue weighted by Crippen LogP contribution is 2.44. The fraction of sp³-hybridized carbons (Fsp3) is 0.448. The summed E-state index contributed by atoms with van der Waals surface area (Å²) >= 11 is 0. The molecule has 13 heteroatoms. The minimum Gasteiger partial charge on any atom is -0.330 e. The van der Waals surface area contributed by atoms with Crippen LogP contribution >= 0.6 is 0 Å². The number of amides is 3. The number of alkyl halides is 3. The molecule has 3 amide bonds. The predicted molar refractivity (Wildman–Crippen MR) is 142 cm³/mol. The van der Waals surface area contributed by atoms with Gasteiger partial charge in [-0.2, -0.15) is 13.2 Å². The van der Waals surface area contributed by atoms with Crippen molar-refractivity contribution in [2.24, 2.45) is 0 Å². The Hall–Kier alpha value is -4.03. The standard InChI is InChI=1S/C29H29F5N6O2/c30-21-5-1-3-19(23(21)31)17-6-7-22(25-36-15-18(40(25)16-17)8-9-29(32,33)34)37-27(42)39-13-10-28(11-14-39)20-4-2-12-35-24(20)38-26(28)41/h1-5,12,15,17,22H,6-11,13-14,16H2,(H,37,42)(H,35,38,41)/t17-,22-/m1/s1. The largest absolute Gasteiger partial charge is 0.389 e. The molecule has 3 aromatic rings. The number of hydrogen-bond acceptors (Lipinski definition) is 4. The molecule has 1 aromatic carbocycles. The van der Waals surface area contributed by atoms with E-state index >= 15 is 0 Å². The van der Waals surface area contributed by atoms with Crippen LogP contribution in [-0.4, -0.2) is 50.6 Å². The third-order valence-electron chi connectivity index (χ3n) is 8.77. The van der Waals surface area contributed by atoms with Gasteiger partial charge in [-0.1, -0.05) is 18.2 Å². The van der Waals surface area contributed by atoms with Crippen molar-refractivity contribution >= 4 is 17.8 Å². The molecule has 3 aliphatic rings. The number of anilines is 1. The molecular weight excluding hydrogens is 559 g/mol. The maximum absolute atomic E-state index is 14.8. The average Bonchev–Trinajstić information content (AvgIpc) is 3.42. The Balaban J connectivity index is 1.21. The van der Waals surface area contributed by atoms with Crippen molar-refractivity contribution in [1.29, 1.82) is 0 Å². The predicted octanol–water partition coefficient (Wildman–Crippen LogP) is 5.37. The van der Waals surface area contributed by atoms with Crippen molar-refractivity contribution in [1.82, 2.24) is 24.8 Å². The van der Waals surface area contributed by atoms with Gasteiger partial charge in [0.05, 0.1) is 11.5 Å². The first-order valence-electron chi connectivity index (χ1n) is 13.9. The number of carbonyl (C=O) groups excluding carboxylic acids is 2. The number of halogens is 5. The molecule has 2 atom stereocenters. The molecule has 1 spiro atoms. The number of pyridine rings is 1. The maximum atomic E-state index is 14.8. The fourth-order valence-electron chi connectivity index (χ4n) is 6.49. The number of imidazole rings is 1. The zero-order valence-corrected chi connectivity index (χ0v) is 22.6. The fourth-order valence-corrected chi connectivity index (χ4v) is 6.49. The summed E-state index contributed by atoms with van der Waals surface area (Å²) in [7, 11) is 0. The monoisotopic (exact) mass is 588 g/mol. The lowest BCUT2D eigenvalue weighted by molar-refractivity contribution is -0.134. The molecule has 5 heterocycles. The van der Waals surface area contributed by atoms with Gasteiger partial charge in [0.25, 0.3) is 0 Å². The lowest BCUT2D eigenvalue weighted by Crippen LogP contribution is -2.51. The average molecular weight is 589 g/mol.